The van der Waals surface area contributed by atoms with E-state index >= 15 is 0 Å². The van der Waals surface area contributed by atoms with Gasteiger partial charge in [0.15, 0.2) is 0 Å². The summed E-state index contributed by atoms with van der Waals surface area (Å²) in [4.78, 5) is 0. The molecule has 1 heteroatoms. The smallest absolute Gasteiger partial charge is 0.0656 e. The van der Waals surface area contributed by atoms with Gasteiger partial charge in [0.05, 0.1) is 8.07 Å². The highest BCUT2D eigenvalue weighted by Crippen LogP contribution is 2.52. The molecule has 22 aromatic rings. The van der Waals surface area contributed by atoms with Gasteiger partial charge < -0.3 is 0 Å². The lowest BCUT2D eigenvalue weighted by atomic mass is 9.80. The van der Waals surface area contributed by atoms with Crippen LogP contribution in [0.25, 0.3) is 208 Å². The number of benzene rings is 22. The lowest BCUT2D eigenvalue weighted by Crippen LogP contribution is -2.37. The Bertz CT molecular complexity index is 7550. The molecule has 0 N–H and O–H groups in total. The molecule has 0 spiro atoms. The average Bonchev–Trinajstić information content (AvgIpc) is 0.729. The van der Waals surface area contributed by atoms with Gasteiger partial charge in [-0.25, -0.2) is 0 Å². The molecule has 0 aromatic heterocycles. The second-order valence-corrected chi connectivity index (χ2v) is 41.5. The molecule has 0 bridgehead atoms. The Balaban J connectivity index is 0.000000118. The Morgan fingerprint density at radius 3 is 0.847 bits per heavy atom. The Kier molecular flexibility index (Phi) is 20.3. The van der Waals surface area contributed by atoms with Crippen molar-refractivity contribution >= 4 is 121 Å². The summed E-state index contributed by atoms with van der Waals surface area (Å²) in [5, 5.41) is 27.3. The molecule has 0 atom stereocenters. The molecule has 22 rings (SSSR count). The van der Waals surface area contributed by atoms with Crippen LogP contribution >= 0.6 is 0 Å². The fraction of sp³-hybridized carbons (Fsp3) is 0.0894. The number of hydrogen-bond donors (Lipinski definition) is 0. The molecule has 0 aliphatic carbocycles. The van der Waals surface area contributed by atoms with Crippen molar-refractivity contribution in [2.75, 3.05) is 0 Å². The van der Waals surface area contributed by atoms with E-state index in [1.807, 2.05) is 0 Å². The van der Waals surface area contributed by atoms with Crippen LogP contribution in [0.5, 0.6) is 0 Å². The number of fused-ring (bicyclic) bond motifs is 10. The van der Waals surface area contributed by atoms with E-state index in [2.05, 4.69) is 492 Å². The highest BCUT2D eigenvalue weighted by atomic mass is 28.3. The molecule has 0 saturated heterocycles. The van der Waals surface area contributed by atoms with Crippen LogP contribution in [0.1, 0.15) is 52.7 Å². The summed E-state index contributed by atoms with van der Waals surface area (Å²) in [6.45, 7) is 21.1. The zero-order chi connectivity index (χ0) is 84.4. The minimum Gasteiger partial charge on any atom is -0.0656 e. The van der Waals surface area contributed by atoms with E-state index in [-0.39, 0.29) is 10.8 Å². The molecule has 0 amide bonds. The van der Waals surface area contributed by atoms with Crippen molar-refractivity contribution in [2.45, 2.75) is 72.0 Å². The molecule has 124 heavy (non-hydrogen) atoms. The third-order valence-electron chi connectivity index (χ3n) is 25.7. The first kappa shape index (κ1) is 78.2. The lowest BCUT2D eigenvalue weighted by molar-refractivity contribution is 0.591. The molecule has 0 unspecified atom stereocenters. The highest BCUT2D eigenvalue weighted by Gasteiger charge is 2.27. The maximum absolute atomic E-state index is 2.50. The summed E-state index contributed by atoms with van der Waals surface area (Å²) < 4.78 is 0. The predicted molar refractivity (Wildman–Crippen MR) is 544 cm³/mol. The second kappa shape index (κ2) is 32.2. The van der Waals surface area contributed by atoms with Crippen molar-refractivity contribution in [3.05, 3.63) is 442 Å². The molecular formula is C123H98Si. The molecule has 0 nitrogen and oxygen atoms in total. The van der Waals surface area contributed by atoms with Gasteiger partial charge in [0.2, 0.25) is 0 Å². The van der Waals surface area contributed by atoms with E-state index in [4.69, 9.17) is 0 Å². The Morgan fingerprint density at radius 1 is 0.153 bits per heavy atom. The molecule has 0 fully saturated rings. The Labute approximate surface area is 729 Å². The van der Waals surface area contributed by atoms with Crippen molar-refractivity contribution in [2.24, 2.45) is 0 Å². The second-order valence-electron chi connectivity index (χ2n) is 36.5. The van der Waals surface area contributed by atoms with Gasteiger partial charge in [-0.15, -0.1) is 0 Å². The first-order valence-corrected chi connectivity index (χ1v) is 47.3. The summed E-state index contributed by atoms with van der Waals surface area (Å²) in [5.41, 5.74) is 25.8. The van der Waals surface area contributed by atoms with Crippen LogP contribution in [-0.4, -0.2) is 8.07 Å². The van der Waals surface area contributed by atoms with Gasteiger partial charge in [-0.3, -0.25) is 0 Å². The minimum absolute atomic E-state index is 0.0383. The molecule has 0 heterocycles. The van der Waals surface area contributed by atoms with Gasteiger partial charge in [0.25, 0.3) is 0 Å². The first-order valence-electron chi connectivity index (χ1n) is 43.8. The quantitative estimate of drug-likeness (QED) is 0.0946. The first-order chi connectivity index (χ1) is 60.5. The Hall–Kier alpha value is -14.3. The zero-order valence-electron chi connectivity index (χ0n) is 72.0. The van der Waals surface area contributed by atoms with Gasteiger partial charge in [0.1, 0.15) is 0 Å². The molecule has 0 radical (unpaired) electrons. The van der Waals surface area contributed by atoms with E-state index in [1.165, 1.54) is 224 Å². The third-order valence-corrected chi connectivity index (χ3v) is 27.7. The van der Waals surface area contributed by atoms with E-state index in [0.717, 1.165) is 0 Å². The minimum atomic E-state index is -1.53. The zero-order valence-corrected chi connectivity index (χ0v) is 73.0. The molecule has 0 aliphatic rings. The molecule has 0 aliphatic heterocycles. The molecular weight excluding hydrogens is 1510 g/mol. The van der Waals surface area contributed by atoms with Crippen molar-refractivity contribution in [1.82, 2.24) is 0 Å². The Morgan fingerprint density at radius 2 is 0.435 bits per heavy atom. The summed E-state index contributed by atoms with van der Waals surface area (Å²) >= 11 is 0. The standard InChI is InChI=1S/C44H34.C40H32.C39H32Si/c1-44(2,3)35-25-26-40-41(28-35)42(32-22-19-30(20-23-32)34-24-21-29-11-4-5-13-33(29)27-34)38-16-8-9-17-39(38)43(40)37-18-10-14-31-12-6-7-15-36(31)37;2*1-40(2,3)29-22-23-36-37(26-29)38(28-16-8-5-9-17-28)33-20-12-13-21-34(33)39(36)35-25-24-30(27-14-6-4-7-15-27)31-18-10-11-19-32(31)35/h4-28H,1-3H3;2*4-26H,1-3H3. The molecule has 22 aromatic carbocycles. The van der Waals surface area contributed by atoms with Crippen molar-refractivity contribution in [3.8, 4) is 100 Å². The monoisotopic (exact) mass is 1600 g/mol. The fourth-order valence-corrected chi connectivity index (χ4v) is 20.5. The lowest BCUT2D eigenvalue weighted by Gasteiger charge is -2.23. The van der Waals surface area contributed by atoms with Crippen LogP contribution in [0.15, 0.2) is 431 Å². The van der Waals surface area contributed by atoms with Gasteiger partial charge in [0, 0.05) is 0 Å². The molecule has 0 saturated carbocycles. The van der Waals surface area contributed by atoms with Crippen LogP contribution in [0.3, 0.4) is 0 Å². The number of rotatable bonds is 10. The average molecular weight is 1600 g/mol. The van der Waals surface area contributed by atoms with Crippen molar-refractivity contribution in [1.29, 1.82) is 0 Å². The molecule has 594 valence electrons. The fourth-order valence-electron chi connectivity index (χ4n) is 19.4. The maximum atomic E-state index is 2.50. The van der Waals surface area contributed by atoms with Crippen LogP contribution in [0.4, 0.5) is 0 Å². The van der Waals surface area contributed by atoms with Crippen LogP contribution in [-0.2, 0) is 10.8 Å². The van der Waals surface area contributed by atoms with E-state index in [0.29, 0.717) is 0 Å². The van der Waals surface area contributed by atoms with Crippen molar-refractivity contribution < 1.29 is 0 Å². The van der Waals surface area contributed by atoms with Gasteiger partial charge in [-0.2, -0.15) is 0 Å². The normalized spacial score (nSPS) is 11.9. The summed E-state index contributed by atoms with van der Waals surface area (Å²) in [6, 6.07) is 159. The van der Waals surface area contributed by atoms with Gasteiger partial charge in [-0.05, 0) is 248 Å². The predicted octanol–water partition coefficient (Wildman–Crippen LogP) is 34.7. The SMILES string of the molecule is CC(C)(C)c1ccc2c(-c3ccc(-c4ccccc4)c4ccccc34)c3ccccc3c(-c3ccccc3)c2c1.CC(C)(C)c1ccc2c(-c3cccc4ccccc34)c3ccccc3c(-c3ccc(-c4ccc5ccccc5c4)cc3)c2c1.C[Si](C)(C)c1ccc2c(-c3ccc(-c4ccccc4)c4ccccc34)c3ccccc3c(-c3ccccc3)c2c1. The summed E-state index contributed by atoms with van der Waals surface area (Å²) in [5.74, 6) is 0. The summed E-state index contributed by atoms with van der Waals surface area (Å²) in [6.07, 6.45) is 0. The maximum Gasteiger partial charge on any atom is 0.0776 e. The largest absolute Gasteiger partial charge is 0.0776 e. The van der Waals surface area contributed by atoms with E-state index in [9.17, 15) is 0 Å². The summed E-state index contributed by atoms with van der Waals surface area (Å²) in [7, 11) is -1.53. The van der Waals surface area contributed by atoms with Gasteiger partial charge in [-0.1, -0.05) is 479 Å². The highest BCUT2D eigenvalue weighted by molar-refractivity contribution is 6.88. The number of hydrogen-bond acceptors (Lipinski definition) is 0. The van der Waals surface area contributed by atoms with Gasteiger partial charge >= 0.3 is 0 Å². The van der Waals surface area contributed by atoms with E-state index < -0.39 is 8.07 Å². The van der Waals surface area contributed by atoms with Crippen LogP contribution in [0.2, 0.25) is 19.6 Å². The van der Waals surface area contributed by atoms with Crippen LogP contribution in [0, 0.1) is 0 Å². The van der Waals surface area contributed by atoms with Crippen LogP contribution < -0.4 is 5.19 Å². The topological polar surface area (TPSA) is 0 Å². The van der Waals surface area contributed by atoms with Crippen molar-refractivity contribution in [3.63, 3.8) is 0 Å². The third kappa shape index (κ3) is 14.5. The van der Waals surface area contributed by atoms with E-state index in [1.54, 1.807) is 0 Å².